The summed E-state index contributed by atoms with van der Waals surface area (Å²) >= 11 is 0. The summed E-state index contributed by atoms with van der Waals surface area (Å²) in [6, 6.07) is 10.2. The van der Waals surface area contributed by atoms with E-state index in [-0.39, 0.29) is 22.9 Å². The molecule has 1 N–H and O–H groups in total. The second-order valence-electron chi connectivity index (χ2n) is 5.61. The van der Waals surface area contributed by atoms with Gasteiger partial charge in [-0.05, 0) is 31.2 Å². The van der Waals surface area contributed by atoms with E-state index < -0.39 is 11.7 Å². The Balaban J connectivity index is 1.77. The van der Waals surface area contributed by atoms with Gasteiger partial charge in [-0.2, -0.15) is 0 Å². The molecular formula is C19H13N3O4. The minimum atomic E-state index is -0.488. The number of anilines is 1. The number of para-hydroxylation sites is 1. The third-order valence-electron chi connectivity index (χ3n) is 3.80. The lowest BCUT2D eigenvalue weighted by Gasteiger charge is -2.05. The molecule has 0 bridgehead atoms. The van der Waals surface area contributed by atoms with Crippen molar-refractivity contribution >= 4 is 28.3 Å². The molecule has 0 saturated carbocycles. The van der Waals surface area contributed by atoms with E-state index in [0.717, 1.165) is 0 Å². The van der Waals surface area contributed by atoms with Crippen molar-refractivity contribution in [3.05, 3.63) is 78.0 Å². The first-order chi connectivity index (χ1) is 12.6. The predicted molar refractivity (Wildman–Crippen MR) is 93.1 cm³/mol. The van der Waals surface area contributed by atoms with E-state index in [1.807, 2.05) is 0 Å². The van der Waals surface area contributed by atoms with Crippen LogP contribution in [0.25, 0.3) is 11.0 Å². The number of hydrogen-bond acceptors (Lipinski definition) is 6. The van der Waals surface area contributed by atoms with E-state index in [9.17, 15) is 9.59 Å². The number of carbonyl (C=O) groups is 2. The van der Waals surface area contributed by atoms with Gasteiger partial charge in [-0.25, -0.2) is 4.98 Å². The van der Waals surface area contributed by atoms with Crippen LogP contribution in [0.2, 0.25) is 0 Å². The third-order valence-corrected chi connectivity index (χ3v) is 3.80. The maximum atomic E-state index is 12.7. The Hall–Kier alpha value is -3.74. The molecule has 0 aliphatic heterocycles. The number of rotatable bonds is 4. The molecule has 7 heteroatoms. The summed E-state index contributed by atoms with van der Waals surface area (Å²) in [5.41, 5.74) is 1.59. The van der Waals surface area contributed by atoms with Crippen molar-refractivity contribution in [1.82, 2.24) is 9.97 Å². The van der Waals surface area contributed by atoms with Crippen LogP contribution in [0.1, 0.15) is 32.5 Å². The maximum absolute atomic E-state index is 12.7. The van der Waals surface area contributed by atoms with Crippen molar-refractivity contribution in [2.24, 2.45) is 0 Å². The van der Waals surface area contributed by atoms with Gasteiger partial charge in [0.05, 0.1) is 23.8 Å². The number of hydrogen-bond donors (Lipinski definition) is 1. The highest BCUT2D eigenvalue weighted by atomic mass is 16.4. The molecule has 7 nitrogen and oxygen atoms in total. The molecule has 1 amide bonds. The minimum Gasteiger partial charge on any atom is -0.461 e. The molecule has 0 aliphatic carbocycles. The van der Waals surface area contributed by atoms with E-state index in [0.29, 0.717) is 16.7 Å². The van der Waals surface area contributed by atoms with E-state index in [4.69, 9.17) is 8.83 Å². The molecule has 0 spiro atoms. The van der Waals surface area contributed by atoms with E-state index >= 15 is 0 Å². The number of aryl methyl sites for hydroxylation is 1. The highest BCUT2D eigenvalue weighted by molar-refractivity contribution is 6.17. The van der Waals surface area contributed by atoms with Crippen molar-refractivity contribution in [2.75, 3.05) is 5.32 Å². The number of fused-ring (bicyclic) bond motifs is 1. The fraction of sp³-hybridized carbons (Fsp3) is 0.0526. The van der Waals surface area contributed by atoms with Crippen LogP contribution in [-0.4, -0.2) is 21.7 Å². The summed E-state index contributed by atoms with van der Waals surface area (Å²) in [5, 5.41) is 3.32. The molecule has 3 aromatic heterocycles. The van der Waals surface area contributed by atoms with Gasteiger partial charge in [-0.15, -0.1) is 0 Å². The van der Waals surface area contributed by atoms with Crippen LogP contribution in [0.4, 0.5) is 5.69 Å². The summed E-state index contributed by atoms with van der Waals surface area (Å²) in [5.74, 6) is -0.835. The van der Waals surface area contributed by atoms with E-state index in [1.54, 1.807) is 37.3 Å². The number of amides is 1. The van der Waals surface area contributed by atoms with Crippen LogP contribution >= 0.6 is 0 Å². The summed E-state index contributed by atoms with van der Waals surface area (Å²) in [4.78, 5) is 33.3. The monoisotopic (exact) mass is 347 g/mol. The summed E-state index contributed by atoms with van der Waals surface area (Å²) in [6.45, 7) is 1.78. The number of nitrogens with zero attached hydrogens (tertiary/aromatic N) is 2. The predicted octanol–water partition coefficient (Wildman–Crippen LogP) is 3.61. The Morgan fingerprint density at radius 1 is 1.04 bits per heavy atom. The average molecular weight is 347 g/mol. The first-order valence-corrected chi connectivity index (χ1v) is 7.83. The van der Waals surface area contributed by atoms with Gasteiger partial charge in [-0.1, -0.05) is 12.1 Å². The van der Waals surface area contributed by atoms with Crippen LogP contribution in [0, 0.1) is 6.92 Å². The molecule has 0 atom stereocenters. The van der Waals surface area contributed by atoms with Crippen molar-refractivity contribution in [1.29, 1.82) is 0 Å². The Labute approximate surface area is 147 Å². The Bertz CT molecular complexity index is 1100. The maximum Gasteiger partial charge on any atom is 0.275 e. The van der Waals surface area contributed by atoms with Gasteiger partial charge in [0.15, 0.2) is 5.76 Å². The summed E-state index contributed by atoms with van der Waals surface area (Å²) < 4.78 is 10.8. The molecule has 0 fully saturated rings. The second-order valence-corrected chi connectivity index (χ2v) is 5.61. The zero-order valence-corrected chi connectivity index (χ0v) is 13.7. The van der Waals surface area contributed by atoms with Gasteiger partial charge in [-0.3, -0.25) is 14.6 Å². The SMILES string of the molecule is Cc1cnc(C(=O)Nc2c(C(=O)c3ccco3)oc3ccccc23)cn1. The van der Waals surface area contributed by atoms with Gasteiger partial charge < -0.3 is 14.2 Å². The quantitative estimate of drug-likeness (QED) is 0.566. The van der Waals surface area contributed by atoms with Crippen LogP contribution in [0.3, 0.4) is 0 Å². The highest BCUT2D eigenvalue weighted by Crippen LogP contribution is 2.32. The topological polar surface area (TPSA) is 98.2 Å². The van der Waals surface area contributed by atoms with Crippen molar-refractivity contribution in [3.8, 4) is 0 Å². The molecule has 4 aromatic rings. The summed E-state index contributed by atoms with van der Waals surface area (Å²) in [6.07, 6.45) is 4.27. The average Bonchev–Trinajstić information content (AvgIpc) is 3.30. The summed E-state index contributed by atoms with van der Waals surface area (Å²) in [7, 11) is 0. The first kappa shape index (κ1) is 15.8. The minimum absolute atomic E-state index is 0.00503. The van der Waals surface area contributed by atoms with Crippen molar-refractivity contribution < 1.29 is 18.4 Å². The smallest absolute Gasteiger partial charge is 0.275 e. The molecule has 128 valence electrons. The molecule has 0 saturated heterocycles. The molecule has 0 unspecified atom stereocenters. The third kappa shape index (κ3) is 2.75. The molecule has 0 aliphatic rings. The molecule has 3 heterocycles. The van der Waals surface area contributed by atoms with E-state index in [2.05, 4.69) is 15.3 Å². The molecule has 0 radical (unpaired) electrons. The first-order valence-electron chi connectivity index (χ1n) is 7.83. The molecule has 1 aromatic carbocycles. The Morgan fingerprint density at radius 3 is 2.62 bits per heavy atom. The lowest BCUT2D eigenvalue weighted by molar-refractivity contribution is 0.0986. The second kappa shape index (κ2) is 6.29. The molecule has 4 rings (SSSR count). The Kier molecular flexibility index (Phi) is 3.81. The van der Waals surface area contributed by atoms with Gasteiger partial charge in [0.2, 0.25) is 5.76 Å². The lowest BCUT2D eigenvalue weighted by atomic mass is 10.1. The number of aromatic nitrogens is 2. The highest BCUT2D eigenvalue weighted by Gasteiger charge is 2.25. The zero-order valence-electron chi connectivity index (χ0n) is 13.7. The van der Waals surface area contributed by atoms with E-state index in [1.165, 1.54) is 24.7 Å². The fourth-order valence-electron chi connectivity index (χ4n) is 2.54. The lowest BCUT2D eigenvalue weighted by Crippen LogP contribution is -2.16. The Morgan fingerprint density at radius 2 is 1.88 bits per heavy atom. The number of carbonyl (C=O) groups excluding carboxylic acids is 2. The van der Waals surface area contributed by atoms with Gasteiger partial charge in [0.25, 0.3) is 11.7 Å². The van der Waals surface area contributed by atoms with Crippen LogP contribution in [0.15, 0.2) is 63.9 Å². The number of ketones is 1. The zero-order chi connectivity index (χ0) is 18.1. The van der Waals surface area contributed by atoms with Gasteiger partial charge in [0.1, 0.15) is 11.3 Å². The van der Waals surface area contributed by atoms with Gasteiger partial charge in [0, 0.05) is 11.6 Å². The van der Waals surface area contributed by atoms with Crippen LogP contribution in [-0.2, 0) is 0 Å². The number of furan rings is 2. The normalized spacial score (nSPS) is 10.8. The fourth-order valence-corrected chi connectivity index (χ4v) is 2.54. The largest absolute Gasteiger partial charge is 0.461 e. The molecular weight excluding hydrogens is 334 g/mol. The standard InChI is InChI=1S/C19H13N3O4/c1-11-9-21-13(10-20-11)19(24)22-16-12-5-2-3-6-14(12)26-18(16)17(23)15-7-4-8-25-15/h2-10H,1H3,(H,22,24). The van der Waals surface area contributed by atoms with Crippen LogP contribution in [0.5, 0.6) is 0 Å². The molecule has 26 heavy (non-hydrogen) atoms. The van der Waals surface area contributed by atoms with Crippen molar-refractivity contribution in [3.63, 3.8) is 0 Å². The van der Waals surface area contributed by atoms with Crippen molar-refractivity contribution in [2.45, 2.75) is 6.92 Å². The van der Waals surface area contributed by atoms with Crippen LogP contribution < -0.4 is 5.32 Å². The van der Waals surface area contributed by atoms with Gasteiger partial charge >= 0.3 is 0 Å². The number of nitrogens with one attached hydrogen (secondary N) is 1. The number of benzene rings is 1.